The highest BCUT2D eigenvalue weighted by atomic mass is 16.7. The molecule has 10 heteroatoms. The minimum Gasteiger partial charge on any atom is -0.482 e. The van der Waals surface area contributed by atoms with Crippen molar-refractivity contribution in [2.75, 3.05) is 7.11 Å². The van der Waals surface area contributed by atoms with E-state index in [1.807, 2.05) is 39.0 Å². The number of benzene rings is 2. The molecule has 2 aromatic heterocycles. The van der Waals surface area contributed by atoms with Crippen LogP contribution in [0.3, 0.4) is 0 Å². The van der Waals surface area contributed by atoms with Gasteiger partial charge in [-0.15, -0.1) is 0 Å². The molecule has 1 aliphatic heterocycles. The van der Waals surface area contributed by atoms with Crippen LogP contribution in [0.1, 0.15) is 90.6 Å². The molecule has 4 aromatic rings. The van der Waals surface area contributed by atoms with Gasteiger partial charge in [0.05, 0.1) is 29.4 Å². The van der Waals surface area contributed by atoms with Gasteiger partial charge in [-0.1, -0.05) is 32.0 Å². The number of aliphatic hydroxyl groups excluding tert-OH is 1. The van der Waals surface area contributed by atoms with E-state index < -0.39 is 47.0 Å². The summed E-state index contributed by atoms with van der Waals surface area (Å²) in [6.45, 7) is 10.3. The molecule has 9 unspecified atom stereocenters. The molecule has 2 fully saturated rings. The maximum atomic E-state index is 13.8. The Kier molecular flexibility index (Phi) is 9.32. The molecule has 3 heterocycles. The number of carbonyl (C=O) groups excluding carboxylic acids is 1. The van der Waals surface area contributed by atoms with Gasteiger partial charge in [-0.25, -0.2) is 9.59 Å². The topological polar surface area (TPSA) is 141 Å². The van der Waals surface area contributed by atoms with E-state index in [1.165, 1.54) is 0 Å². The Hall–Kier alpha value is -4.82. The van der Waals surface area contributed by atoms with Crippen LogP contribution in [0, 0.1) is 48.3 Å². The van der Waals surface area contributed by atoms with Gasteiger partial charge in [0.2, 0.25) is 0 Å². The third-order valence-electron chi connectivity index (χ3n) is 12.1. The molecule has 7 rings (SSSR count). The number of rotatable bonds is 7. The number of nitriles is 1. The fourth-order valence-corrected chi connectivity index (χ4v) is 9.48. The van der Waals surface area contributed by atoms with E-state index in [0.717, 1.165) is 16.7 Å². The van der Waals surface area contributed by atoms with Crippen LogP contribution in [0.25, 0.3) is 11.3 Å². The zero-order valence-electron chi connectivity index (χ0n) is 30.3. The minimum atomic E-state index is -1.28. The normalized spacial score (nSPS) is 29.7. The molecule has 0 bridgehead atoms. The van der Waals surface area contributed by atoms with Gasteiger partial charge < -0.3 is 28.5 Å². The highest BCUT2D eigenvalue weighted by Crippen LogP contribution is 2.65. The average molecular weight is 705 g/mol. The molecule has 2 aliphatic carbocycles. The number of aryl methyl sites for hydroxylation is 2. The molecule has 0 amide bonds. The van der Waals surface area contributed by atoms with Crippen LogP contribution >= 0.6 is 0 Å². The summed E-state index contributed by atoms with van der Waals surface area (Å²) >= 11 is 0. The molecule has 52 heavy (non-hydrogen) atoms. The first kappa shape index (κ1) is 35.6. The maximum absolute atomic E-state index is 13.8. The van der Waals surface area contributed by atoms with Crippen molar-refractivity contribution in [3.63, 3.8) is 0 Å². The van der Waals surface area contributed by atoms with Crippen molar-refractivity contribution in [3.05, 3.63) is 117 Å². The summed E-state index contributed by atoms with van der Waals surface area (Å²) in [6, 6.07) is 19.6. The van der Waals surface area contributed by atoms with Crippen LogP contribution < -0.4 is 10.4 Å². The van der Waals surface area contributed by atoms with Crippen molar-refractivity contribution < 1.29 is 33.3 Å². The molecule has 9 atom stereocenters. The Bertz CT molecular complexity index is 2050. The van der Waals surface area contributed by atoms with Crippen molar-refractivity contribution in [1.29, 1.82) is 5.26 Å². The van der Waals surface area contributed by atoms with Gasteiger partial charge >= 0.3 is 11.6 Å². The quantitative estimate of drug-likeness (QED) is 0.153. The third-order valence-corrected chi connectivity index (χ3v) is 12.1. The lowest BCUT2D eigenvalue weighted by atomic mass is 9.46. The number of nitrogens with zero attached hydrogens (tertiary/aromatic N) is 2. The summed E-state index contributed by atoms with van der Waals surface area (Å²) in [4.78, 5) is 31.7. The standard InChI is InChI=1S/C42H44N2O8/c1-23-9-7-10-24(2)34(23)40(48-6)50-30-16-17-41(4)29(25(30)3)19-33(51-38(46)27-14-12-26(21-43)13-15-27)42(5)37(41)36(45)35-32(52-42)20-31(49-39(35)47)28-11-8-18-44-22-28/h7-15,18,20,22,25,29-30,33,36-37,40,45H,16-17,19H2,1-6H3. The Morgan fingerprint density at radius 3 is 2.48 bits per heavy atom. The van der Waals surface area contributed by atoms with Gasteiger partial charge in [0, 0.05) is 42.6 Å². The first-order valence-electron chi connectivity index (χ1n) is 17.8. The number of aromatic nitrogens is 1. The van der Waals surface area contributed by atoms with Crippen molar-refractivity contribution in [3.8, 4) is 23.1 Å². The lowest BCUT2D eigenvalue weighted by molar-refractivity contribution is -0.258. The molecular weight excluding hydrogens is 660 g/mol. The highest BCUT2D eigenvalue weighted by Gasteiger charge is 2.68. The second-order valence-corrected chi connectivity index (χ2v) is 15.0. The van der Waals surface area contributed by atoms with Crippen LogP contribution in [0.5, 0.6) is 5.75 Å². The van der Waals surface area contributed by atoms with E-state index in [-0.39, 0.29) is 40.6 Å². The van der Waals surface area contributed by atoms with Crippen LogP contribution in [0.15, 0.2) is 82.3 Å². The number of fused-ring (bicyclic) bond motifs is 4. The summed E-state index contributed by atoms with van der Waals surface area (Å²) in [6.07, 6.45) is 2.07. The summed E-state index contributed by atoms with van der Waals surface area (Å²) in [5.74, 6) is -0.961. The minimum absolute atomic E-state index is 0.0506. The molecule has 2 aromatic carbocycles. The van der Waals surface area contributed by atoms with Crippen molar-refractivity contribution in [2.45, 2.75) is 84.1 Å². The molecule has 3 aliphatic rings. The molecule has 10 nitrogen and oxygen atoms in total. The Morgan fingerprint density at radius 1 is 1.10 bits per heavy atom. The lowest BCUT2D eigenvalue weighted by Crippen LogP contribution is -2.69. The van der Waals surface area contributed by atoms with Crippen LogP contribution in [-0.4, -0.2) is 41.0 Å². The number of pyridine rings is 1. The van der Waals surface area contributed by atoms with E-state index in [1.54, 1.807) is 62.0 Å². The Labute approximate surface area is 303 Å². The molecule has 270 valence electrons. The van der Waals surface area contributed by atoms with Crippen molar-refractivity contribution in [2.24, 2.45) is 23.2 Å². The fraction of sp³-hybridized carbons (Fsp3) is 0.429. The molecule has 0 saturated heterocycles. The maximum Gasteiger partial charge on any atom is 0.345 e. The number of ether oxygens (including phenoxy) is 4. The van der Waals surface area contributed by atoms with Gasteiger partial charge in [-0.05, 0) is 105 Å². The number of hydrogen-bond donors (Lipinski definition) is 1. The van der Waals surface area contributed by atoms with Gasteiger partial charge in [0.1, 0.15) is 28.8 Å². The SMILES string of the molecule is COC(OC1CCC2(C)C(CC(OC(=O)c3ccc(C#N)cc3)C3(C)Oc4cc(-c5cccnc5)oc(=O)c4C(O)C23)C1C)c1c(C)cccc1C. The molecule has 2 saturated carbocycles. The van der Waals surface area contributed by atoms with Gasteiger partial charge in [0.25, 0.3) is 0 Å². The van der Waals surface area contributed by atoms with Crippen LogP contribution in [0.4, 0.5) is 0 Å². The second kappa shape index (κ2) is 13.6. The monoisotopic (exact) mass is 704 g/mol. The summed E-state index contributed by atoms with van der Waals surface area (Å²) < 4.78 is 31.7. The Balaban J connectivity index is 1.28. The van der Waals surface area contributed by atoms with E-state index in [4.69, 9.17) is 23.4 Å². The van der Waals surface area contributed by atoms with E-state index in [9.17, 15) is 20.0 Å². The molecular formula is C42H44N2O8. The zero-order chi connectivity index (χ0) is 36.9. The fourth-order valence-electron chi connectivity index (χ4n) is 9.48. The summed E-state index contributed by atoms with van der Waals surface area (Å²) in [7, 11) is 1.65. The highest BCUT2D eigenvalue weighted by molar-refractivity contribution is 5.89. The number of hydrogen-bond acceptors (Lipinski definition) is 10. The molecule has 0 spiro atoms. The predicted molar refractivity (Wildman–Crippen MR) is 191 cm³/mol. The Morgan fingerprint density at radius 2 is 1.83 bits per heavy atom. The second-order valence-electron chi connectivity index (χ2n) is 15.0. The third kappa shape index (κ3) is 5.91. The molecule has 1 N–H and O–H groups in total. The average Bonchev–Trinajstić information content (AvgIpc) is 3.12. The van der Waals surface area contributed by atoms with Crippen molar-refractivity contribution >= 4 is 5.97 Å². The number of esters is 1. The van der Waals surface area contributed by atoms with Crippen LogP contribution in [0.2, 0.25) is 0 Å². The zero-order valence-corrected chi connectivity index (χ0v) is 30.3. The first-order valence-corrected chi connectivity index (χ1v) is 17.8. The largest absolute Gasteiger partial charge is 0.482 e. The first-order chi connectivity index (χ1) is 24.9. The smallest absolute Gasteiger partial charge is 0.345 e. The summed E-state index contributed by atoms with van der Waals surface area (Å²) in [5.41, 5.74) is 2.02. The van der Waals surface area contributed by atoms with Crippen LogP contribution in [-0.2, 0) is 14.2 Å². The van der Waals surface area contributed by atoms with E-state index >= 15 is 0 Å². The van der Waals surface area contributed by atoms with E-state index in [2.05, 4.69) is 24.9 Å². The van der Waals surface area contributed by atoms with Gasteiger partial charge in [-0.3, -0.25) is 4.98 Å². The van der Waals surface area contributed by atoms with Gasteiger partial charge in [-0.2, -0.15) is 5.26 Å². The summed E-state index contributed by atoms with van der Waals surface area (Å²) in [5, 5.41) is 21.7. The number of methoxy groups -OCH3 is 1. The number of aliphatic hydroxyl groups is 1. The predicted octanol–water partition coefficient (Wildman–Crippen LogP) is 7.40. The van der Waals surface area contributed by atoms with Gasteiger partial charge in [0.15, 0.2) is 6.29 Å². The number of carbonyl (C=O) groups is 1. The van der Waals surface area contributed by atoms with E-state index in [0.29, 0.717) is 30.4 Å². The van der Waals surface area contributed by atoms with Crippen molar-refractivity contribution in [1.82, 2.24) is 4.98 Å². The molecule has 0 radical (unpaired) electrons. The lowest BCUT2D eigenvalue weighted by Gasteiger charge is -2.64.